The fraction of sp³-hybridized carbons (Fsp3) is 0.0769. The van der Waals surface area contributed by atoms with Crippen LogP contribution in [0.3, 0.4) is 0 Å². The first-order valence-electron chi connectivity index (χ1n) is 5.29. The molecule has 0 spiro atoms. The zero-order valence-corrected chi connectivity index (χ0v) is 9.75. The molecule has 0 atom stereocenters. The second-order valence-corrected chi connectivity index (χ2v) is 3.58. The molecule has 92 valence electrons. The maximum atomic E-state index is 11.0. The van der Waals surface area contributed by atoms with E-state index in [1.54, 1.807) is 25.3 Å². The molecule has 0 aliphatic heterocycles. The average Bonchev–Trinajstić information content (AvgIpc) is 2.40. The van der Waals surface area contributed by atoms with Crippen molar-refractivity contribution in [3.63, 3.8) is 0 Å². The fourth-order valence-electron chi connectivity index (χ4n) is 1.50. The summed E-state index contributed by atoms with van der Waals surface area (Å²) in [6, 6.07) is 8.83. The predicted octanol–water partition coefficient (Wildman–Crippen LogP) is 2.53. The molecule has 1 heterocycles. The van der Waals surface area contributed by atoms with E-state index in [9.17, 15) is 4.79 Å². The Labute approximate surface area is 104 Å². The van der Waals surface area contributed by atoms with Gasteiger partial charge < -0.3 is 15.2 Å². The van der Waals surface area contributed by atoms with Gasteiger partial charge in [0.25, 0.3) is 0 Å². The van der Waals surface area contributed by atoms with Crippen LogP contribution in [0.5, 0.6) is 5.75 Å². The molecule has 2 rings (SSSR count). The number of nitrogens with zero attached hydrogens (tertiary/aromatic N) is 1. The van der Waals surface area contributed by atoms with Crippen LogP contribution < -0.4 is 10.1 Å². The summed E-state index contributed by atoms with van der Waals surface area (Å²) < 4.78 is 5.05. The van der Waals surface area contributed by atoms with E-state index < -0.39 is 5.97 Å². The number of nitrogens with one attached hydrogen (secondary N) is 1. The summed E-state index contributed by atoms with van der Waals surface area (Å²) in [7, 11) is 1.59. The Morgan fingerprint density at radius 2 is 2.00 bits per heavy atom. The zero-order valence-electron chi connectivity index (χ0n) is 9.75. The third kappa shape index (κ3) is 2.57. The molecule has 2 N–H and O–H groups in total. The van der Waals surface area contributed by atoms with Crippen molar-refractivity contribution < 1.29 is 14.6 Å². The standard InChI is InChI=1S/C13H12N2O3/c1-18-10-4-2-9(3-5-10)15-12-6-7-14-8-11(12)13(16)17/h2-8H,1H3,(H,14,15)(H,16,17). The number of anilines is 2. The van der Waals surface area contributed by atoms with Crippen molar-refractivity contribution in [1.82, 2.24) is 4.98 Å². The molecule has 0 aliphatic carbocycles. The smallest absolute Gasteiger partial charge is 0.339 e. The van der Waals surface area contributed by atoms with Crippen molar-refractivity contribution in [3.8, 4) is 5.75 Å². The van der Waals surface area contributed by atoms with Gasteiger partial charge in [-0.15, -0.1) is 0 Å². The van der Waals surface area contributed by atoms with Gasteiger partial charge in [-0.3, -0.25) is 4.98 Å². The first-order valence-corrected chi connectivity index (χ1v) is 5.29. The van der Waals surface area contributed by atoms with E-state index >= 15 is 0 Å². The molecule has 0 unspecified atom stereocenters. The summed E-state index contributed by atoms with van der Waals surface area (Å²) in [4.78, 5) is 14.8. The number of carboxylic acids is 1. The van der Waals surface area contributed by atoms with Gasteiger partial charge in [-0.25, -0.2) is 4.79 Å². The van der Waals surface area contributed by atoms with Crippen molar-refractivity contribution in [2.75, 3.05) is 12.4 Å². The highest BCUT2D eigenvalue weighted by atomic mass is 16.5. The molecule has 0 aliphatic rings. The molecule has 2 aromatic rings. The molecule has 5 heteroatoms. The highest BCUT2D eigenvalue weighted by molar-refractivity contribution is 5.94. The molecule has 0 radical (unpaired) electrons. The molecule has 0 saturated carbocycles. The zero-order chi connectivity index (χ0) is 13.0. The molecule has 0 saturated heterocycles. The SMILES string of the molecule is COc1ccc(Nc2ccncc2C(=O)O)cc1. The summed E-state index contributed by atoms with van der Waals surface area (Å²) in [6.45, 7) is 0. The minimum absolute atomic E-state index is 0.133. The van der Waals surface area contributed by atoms with Crippen molar-refractivity contribution in [3.05, 3.63) is 48.3 Å². The lowest BCUT2D eigenvalue weighted by atomic mass is 10.2. The number of carboxylic acid groups (broad SMARTS) is 1. The first-order chi connectivity index (χ1) is 8.70. The van der Waals surface area contributed by atoms with E-state index in [1.807, 2.05) is 12.1 Å². The highest BCUT2D eigenvalue weighted by Gasteiger charge is 2.09. The second-order valence-electron chi connectivity index (χ2n) is 3.58. The molecule has 0 fully saturated rings. The van der Waals surface area contributed by atoms with Crippen LogP contribution in [0, 0.1) is 0 Å². The predicted molar refractivity (Wildman–Crippen MR) is 67.5 cm³/mol. The quantitative estimate of drug-likeness (QED) is 0.864. The summed E-state index contributed by atoms with van der Waals surface area (Å²) >= 11 is 0. The average molecular weight is 244 g/mol. The largest absolute Gasteiger partial charge is 0.497 e. The van der Waals surface area contributed by atoms with Gasteiger partial charge in [0.05, 0.1) is 12.8 Å². The summed E-state index contributed by atoms with van der Waals surface area (Å²) in [5.41, 5.74) is 1.42. The number of hydrogen-bond acceptors (Lipinski definition) is 4. The fourth-order valence-corrected chi connectivity index (χ4v) is 1.50. The minimum Gasteiger partial charge on any atom is -0.497 e. The van der Waals surface area contributed by atoms with Crippen LogP contribution in [0.25, 0.3) is 0 Å². The molecular formula is C13H12N2O3. The third-order valence-electron chi connectivity index (χ3n) is 2.42. The van der Waals surface area contributed by atoms with Crippen LogP contribution in [0.1, 0.15) is 10.4 Å². The number of aromatic nitrogens is 1. The maximum Gasteiger partial charge on any atom is 0.339 e. The van der Waals surface area contributed by atoms with Crippen molar-refractivity contribution >= 4 is 17.3 Å². The summed E-state index contributed by atoms with van der Waals surface area (Å²) in [5.74, 6) is -0.271. The molecule has 1 aromatic carbocycles. The Morgan fingerprint density at radius 3 is 2.61 bits per heavy atom. The number of benzene rings is 1. The minimum atomic E-state index is -1.01. The van der Waals surface area contributed by atoms with Gasteiger partial charge in [0.15, 0.2) is 0 Å². The topological polar surface area (TPSA) is 71.5 Å². The van der Waals surface area contributed by atoms with Gasteiger partial charge in [0.1, 0.15) is 11.3 Å². The summed E-state index contributed by atoms with van der Waals surface area (Å²) in [5, 5.41) is 12.1. The Bertz CT molecular complexity index is 552. The molecule has 1 aromatic heterocycles. The van der Waals surface area contributed by atoms with E-state index in [0.29, 0.717) is 5.69 Å². The van der Waals surface area contributed by atoms with Crippen molar-refractivity contribution in [1.29, 1.82) is 0 Å². The lowest BCUT2D eigenvalue weighted by Crippen LogP contribution is -2.03. The number of ether oxygens (including phenoxy) is 1. The van der Waals surface area contributed by atoms with E-state index in [4.69, 9.17) is 9.84 Å². The number of methoxy groups -OCH3 is 1. The van der Waals surface area contributed by atoms with Crippen LogP contribution in [-0.2, 0) is 0 Å². The van der Waals surface area contributed by atoms with Crippen LogP contribution in [0.4, 0.5) is 11.4 Å². The number of rotatable bonds is 4. The van der Waals surface area contributed by atoms with Crippen LogP contribution in [0.2, 0.25) is 0 Å². The molecule has 0 bridgehead atoms. The lowest BCUT2D eigenvalue weighted by molar-refractivity contribution is 0.0697. The van der Waals surface area contributed by atoms with Crippen molar-refractivity contribution in [2.45, 2.75) is 0 Å². The monoisotopic (exact) mass is 244 g/mol. The number of hydrogen-bond donors (Lipinski definition) is 2. The number of aromatic carboxylic acids is 1. The number of pyridine rings is 1. The van der Waals surface area contributed by atoms with E-state index in [-0.39, 0.29) is 5.56 Å². The van der Waals surface area contributed by atoms with Gasteiger partial charge in [-0.05, 0) is 30.3 Å². The van der Waals surface area contributed by atoms with Crippen molar-refractivity contribution in [2.24, 2.45) is 0 Å². The molecular weight excluding hydrogens is 232 g/mol. The normalized spacial score (nSPS) is 9.83. The Kier molecular flexibility index (Phi) is 3.43. The Morgan fingerprint density at radius 1 is 1.28 bits per heavy atom. The third-order valence-corrected chi connectivity index (χ3v) is 2.42. The van der Waals surface area contributed by atoms with Gasteiger partial charge in [-0.2, -0.15) is 0 Å². The van der Waals surface area contributed by atoms with E-state index in [2.05, 4.69) is 10.3 Å². The highest BCUT2D eigenvalue weighted by Crippen LogP contribution is 2.22. The van der Waals surface area contributed by atoms with Crippen LogP contribution >= 0.6 is 0 Å². The Balaban J connectivity index is 2.25. The van der Waals surface area contributed by atoms with E-state index in [0.717, 1.165) is 11.4 Å². The van der Waals surface area contributed by atoms with Crippen LogP contribution in [0.15, 0.2) is 42.7 Å². The van der Waals surface area contributed by atoms with Gasteiger partial charge in [-0.1, -0.05) is 0 Å². The molecule has 18 heavy (non-hydrogen) atoms. The van der Waals surface area contributed by atoms with E-state index in [1.165, 1.54) is 12.4 Å². The second kappa shape index (κ2) is 5.18. The summed E-state index contributed by atoms with van der Waals surface area (Å²) in [6.07, 6.45) is 2.85. The number of carbonyl (C=O) groups is 1. The molecule has 5 nitrogen and oxygen atoms in total. The molecule has 0 amide bonds. The maximum absolute atomic E-state index is 11.0. The van der Waals surface area contributed by atoms with Crippen LogP contribution in [-0.4, -0.2) is 23.2 Å². The first kappa shape index (κ1) is 11.9. The van der Waals surface area contributed by atoms with Gasteiger partial charge >= 0.3 is 5.97 Å². The van der Waals surface area contributed by atoms with Gasteiger partial charge in [0.2, 0.25) is 0 Å². The Hall–Kier alpha value is -2.56. The van der Waals surface area contributed by atoms with Gasteiger partial charge in [0, 0.05) is 18.1 Å². The lowest BCUT2D eigenvalue weighted by Gasteiger charge is -2.09.